The van der Waals surface area contributed by atoms with Crippen molar-refractivity contribution >= 4 is 5.91 Å². The number of aromatic hydroxyl groups is 1. The molecule has 1 aromatic carbocycles. The number of aryl methyl sites for hydroxylation is 1. The Bertz CT molecular complexity index is 1300. The Morgan fingerprint density at radius 2 is 1.97 bits per heavy atom. The van der Waals surface area contributed by atoms with E-state index in [1.807, 2.05) is 44.2 Å². The molecule has 3 aromatic rings. The first-order chi connectivity index (χ1) is 17.3. The van der Waals surface area contributed by atoms with E-state index in [4.69, 9.17) is 0 Å². The minimum absolute atomic E-state index is 0.0801. The molecular weight excluding hydrogens is 466 g/mol. The Morgan fingerprint density at radius 1 is 1.22 bits per heavy atom. The number of pyridine rings is 1. The van der Waals surface area contributed by atoms with Crippen LogP contribution >= 0.6 is 0 Å². The molecule has 190 valence electrons. The molecular formula is C27H30F2N4O3. The van der Waals surface area contributed by atoms with Crippen LogP contribution in [-0.2, 0) is 6.42 Å². The van der Waals surface area contributed by atoms with Gasteiger partial charge in [-0.15, -0.1) is 0 Å². The summed E-state index contributed by atoms with van der Waals surface area (Å²) in [7, 11) is 0. The highest BCUT2D eigenvalue weighted by atomic mass is 19.1. The number of hydrogen-bond donors (Lipinski definition) is 1. The molecule has 1 fully saturated rings. The van der Waals surface area contributed by atoms with Crippen LogP contribution in [0, 0.1) is 11.6 Å². The van der Waals surface area contributed by atoms with Crippen molar-refractivity contribution in [3.05, 3.63) is 87.2 Å². The molecule has 36 heavy (non-hydrogen) atoms. The van der Waals surface area contributed by atoms with E-state index in [1.54, 1.807) is 4.57 Å². The summed E-state index contributed by atoms with van der Waals surface area (Å²) in [6.07, 6.45) is 4.09. The number of halogens is 2. The van der Waals surface area contributed by atoms with Crippen LogP contribution in [0.5, 0.6) is 5.88 Å². The third kappa shape index (κ3) is 5.01. The molecule has 1 aliphatic heterocycles. The summed E-state index contributed by atoms with van der Waals surface area (Å²) >= 11 is 0. The van der Waals surface area contributed by atoms with E-state index < -0.39 is 40.5 Å². The number of nitrogens with zero attached hydrogens (tertiary/aromatic N) is 4. The van der Waals surface area contributed by atoms with Gasteiger partial charge in [-0.3, -0.25) is 19.1 Å². The molecule has 1 amide bonds. The predicted molar refractivity (Wildman–Crippen MR) is 131 cm³/mol. The second kappa shape index (κ2) is 11.0. The lowest BCUT2D eigenvalue weighted by atomic mass is 10.0. The first kappa shape index (κ1) is 25.5. The Balaban J connectivity index is 1.71. The number of carbonyl (C=O) groups is 1. The van der Waals surface area contributed by atoms with Crippen molar-refractivity contribution < 1.29 is 18.7 Å². The molecule has 2 aromatic heterocycles. The predicted octanol–water partition coefficient (Wildman–Crippen LogP) is 4.59. The molecule has 1 aliphatic rings. The summed E-state index contributed by atoms with van der Waals surface area (Å²) in [4.78, 5) is 36.0. The van der Waals surface area contributed by atoms with Gasteiger partial charge in [-0.2, -0.15) is 4.98 Å². The largest absolute Gasteiger partial charge is 0.494 e. The van der Waals surface area contributed by atoms with Gasteiger partial charge in [0, 0.05) is 31.5 Å². The number of aromatic nitrogens is 3. The molecule has 7 nitrogen and oxygen atoms in total. The Kier molecular flexibility index (Phi) is 7.76. The van der Waals surface area contributed by atoms with Crippen molar-refractivity contribution in [3.8, 4) is 5.88 Å². The standard InChI is InChI=1S/C27H30F2N4O3/c1-3-5-11-22-31-25(34)23(27(36)33(22)21(4-2)17-9-7-6-8-10-17)26(35)32-13-12-18(16-32)24-20(29)14-19(28)15-30-24/h6-10,14-15,18,21,36H,3-5,11-13,16H2,1-2H3/t18?,21-/m1/s1. The van der Waals surface area contributed by atoms with E-state index in [2.05, 4.69) is 9.97 Å². The van der Waals surface area contributed by atoms with Crippen LogP contribution < -0.4 is 5.56 Å². The fourth-order valence-electron chi connectivity index (χ4n) is 4.89. The lowest BCUT2D eigenvalue weighted by Crippen LogP contribution is -2.35. The number of rotatable bonds is 8. The van der Waals surface area contributed by atoms with Gasteiger partial charge in [0.15, 0.2) is 5.56 Å². The molecule has 0 radical (unpaired) electrons. The third-order valence-electron chi connectivity index (χ3n) is 6.72. The Morgan fingerprint density at radius 3 is 2.64 bits per heavy atom. The normalized spacial score (nSPS) is 16.3. The molecule has 1 N–H and O–H groups in total. The van der Waals surface area contributed by atoms with E-state index in [0.29, 0.717) is 25.1 Å². The summed E-state index contributed by atoms with van der Waals surface area (Å²) < 4.78 is 29.1. The second-order valence-electron chi connectivity index (χ2n) is 9.10. The first-order valence-electron chi connectivity index (χ1n) is 12.3. The molecule has 0 spiro atoms. The average molecular weight is 497 g/mol. The van der Waals surface area contributed by atoms with Crippen molar-refractivity contribution in [2.24, 2.45) is 0 Å². The van der Waals surface area contributed by atoms with Crippen molar-refractivity contribution in [2.45, 2.75) is 57.9 Å². The van der Waals surface area contributed by atoms with Gasteiger partial charge in [0.2, 0.25) is 5.88 Å². The number of amides is 1. The monoisotopic (exact) mass is 496 g/mol. The smallest absolute Gasteiger partial charge is 0.289 e. The summed E-state index contributed by atoms with van der Waals surface area (Å²) in [6, 6.07) is 10.0. The van der Waals surface area contributed by atoms with Crippen molar-refractivity contribution in [2.75, 3.05) is 13.1 Å². The van der Waals surface area contributed by atoms with Gasteiger partial charge in [0.05, 0.1) is 17.9 Å². The minimum Gasteiger partial charge on any atom is -0.494 e. The maximum atomic E-state index is 14.3. The summed E-state index contributed by atoms with van der Waals surface area (Å²) in [6.45, 7) is 4.34. The van der Waals surface area contributed by atoms with Crippen LogP contribution in [-0.4, -0.2) is 43.5 Å². The quantitative estimate of drug-likeness (QED) is 0.493. The van der Waals surface area contributed by atoms with Crippen LogP contribution in [0.1, 0.15) is 78.9 Å². The van der Waals surface area contributed by atoms with E-state index in [0.717, 1.165) is 30.7 Å². The zero-order chi connectivity index (χ0) is 25.8. The SMILES string of the molecule is CCCCc1nc(=O)c(C(=O)N2CCC(c3ncc(F)cc3F)C2)c(O)n1[C@H](CC)c1ccccc1. The number of unbranched alkanes of at least 4 members (excludes halogenated alkanes) is 1. The zero-order valence-corrected chi connectivity index (χ0v) is 20.5. The highest BCUT2D eigenvalue weighted by Crippen LogP contribution is 2.32. The van der Waals surface area contributed by atoms with Crippen LogP contribution in [0.3, 0.4) is 0 Å². The highest BCUT2D eigenvalue weighted by molar-refractivity contribution is 5.96. The molecule has 1 saturated heterocycles. The van der Waals surface area contributed by atoms with Crippen molar-refractivity contribution in [3.63, 3.8) is 0 Å². The molecule has 2 atom stereocenters. The summed E-state index contributed by atoms with van der Waals surface area (Å²) in [5, 5.41) is 11.4. The van der Waals surface area contributed by atoms with Gasteiger partial charge in [0.1, 0.15) is 17.5 Å². The lowest BCUT2D eigenvalue weighted by molar-refractivity contribution is 0.0783. The topological polar surface area (TPSA) is 88.3 Å². The molecule has 9 heteroatoms. The summed E-state index contributed by atoms with van der Waals surface area (Å²) in [5.41, 5.74) is -0.164. The Labute approximate surface area is 208 Å². The maximum Gasteiger partial charge on any atom is 0.289 e. The third-order valence-corrected chi connectivity index (χ3v) is 6.72. The van der Waals surface area contributed by atoms with Gasteiger partial charge in [-0.25, -0.2) is 8.78 Å². The van der Waals surface area contributed by atoms with Crippen LogP contribution in [0.15, 0.2) is 47.4 Å². The molecule has 1 unspecified atom stereocenters. The van der Waals surface area contributed by atoms with E-state index in [1.165, 1.54) is 4.90 Å². The minimum atomic E-state index is -0.780. The van der Waals surface area contributed by atoms with Gasteiger partial charge in [-0.1, -0.05) is 50.6 Å². The fraction of sp³-hybridized carbons (Fsp3) is 0.407. The van der Waals surface area contributed by atoms with Crippen molar-refractivity contribution in [1.29, 1.82) is 0 Å². The zero-order valence-electron chi connectivity index (χ0n) is 20.5. The molecule has 3 heterocycles. The Hall–Kier alpha value is -3.62. The summed E-state index contributed by atoms with van der Waals surface area (Å²) in [5.74, 6) is -2.61. The number of carbonyl (C=O) groups excluding carboxylic acids is 1. The maximum absolute atomic E-state index is 14.3. The fourth-order valence-corrected chi connectivity index (χ4v) is 4.89. The van der Waals surface area contributed by atoms with Crippen LogP contribution in [0.2, 0.25) is 0 Å². The number of benzene rings is 1. The van der Waals surface area contributed by atoms with Crippen LogP contribution in [0.4, 0.5) is 8.78 Å². The van der Waals surface area contributed by atoms with E-state index in [-0.39, 0.29) is 24.8 Å². The van der Waals surface area contributed by atoms with Gasteiger partial charge >= 0.3 is 0 Å². The molecule has 4 rings (SSSR count). The molecule has 0 saturated carbocycles. The highest BCUT2D eigenvalue weighted by Gasteiger charge is 2.35. The number of likely N-dealkylation sites (tertiary alicyclic amines) is 1. The van der Waals surface area contributed by atoms with Gasteiger partial charge < -0.3 is 10.0 Å². The van der Waals surface area contributed by atoms with Crippen molar-refractivity contribution in [1.82, 2.24) is 19.4 Å². The van der Waals surface area contributed by atoms with Gasteiger partial charge in [0.25, 0.3) is 11.5 Å². The first-order valence-corrected chi connectivity index (χ1v) is 12.3. The van der Waals surface area contributed by atoms with E-state index in [9.17, 15) is 23.5 Å². The lowest BCUT2D eigenvalue weighted by Gasteiger charge is -2.26. The number of hydrogen-bond acceptors (Lipinski definition) is 5. The van der Waals surface area contributed by atoms with Crippen LogP contribution in [0.25, 0.3) is 0 Å². The van der Waals surface area contributed by atoms with E-state index >= 15 is 0 Å². The average Bonchev–Trinajstić information content (AvgIpc) is 3.35. The molecule has 0 aliphatic carbocycles. The molecule has 0 bridgehead atoms. The van der Waals surface area contributed by atoms with Gasteiger partial charge in [-0.05, 0) is 24.8 Å². The second-order valence-corrected chi connectivity index (χ2v) is 9.10.